The third-order valence-electron chi connectivity index (χ3n) is 3.83. The summed E-state index contributed by atoms with van der Waals surface area (Å²) in [5.41, 5.74) is 1.11. The van der Waals surface area contributed by atoms with Gasteiger partial charge in [0.15, 0.2) is 0 Å². The molecule has 2 heterocycles. The lowest BCUT2D eigenvalue weighted by Crippen LogP contribution is -2.32. The highest BCUT2D eigenvalue weighted by molar-refractivity contribution is 7.88. The zero-order valence-corrected chi connectivity index (χ0v) is 12.3. The van der Waals surface area contributed by atoms with Crippen molar-refractivity contribution < 1.29 is 17.9 Å². The molecular weight excluding hydrogens is 278 g/mol. The molecule has 0 aliphatic carbocycles. The molecule has 1 aromatic rings. The average Bonchev–Trinajstić information content (AvgIpc) is 3.15. The fourth-order valence-electron chi connectivity index (χ4n) is 2.91. The predicted molar refractivity (Wildman–Crippen MR) is 74.7 cm³/mol. The highest BCUT2D eigenvalue weighted by atomic mass is 32.2. The van der Waals surface area contributed by atoms with Gasteiger partial charge in [0.2, 0.25) is 10.0 Å². The van der Waals surface area contributed by atoms with Crippen LogP contribution in [0, 0.1) is 0 Å². The second-order valence-electron chi connectivity index (χ2n) is 5.35. The number of hydrogen-bond acceptors (Lipinski definition) is 4. The second kappa shape index (κ2) is 5.44. The molecule has 4 atom stereocenters. The summed E-state index contributed by atoms with van der Waals surface area (Å²) in [6.45, 7) is 1.56. The Morgan fingerprint density at radius 2 is 2.10 bits per heavy atom. The Labute approximate surface area is 119 Å². The van der Waals surface area contributed by atoms with Gasteiger partial charge in [-0.1, -0.05) is 30.3 Å². The molecule has 0 aromatic heterocycles. The van der Waals surface area contributed by atoms with E-state index in [0.29, 0.717) is 19.8 Å². The Bertz CT molecular complexity index is 560. The molecule has 3 rings (SSSR count). The van der Waals surface area contributed by atoms with Gasteiger partial charge in [-0.2, -0.15) is 4.31 Å². The van der Waals surface area contributed by atoms with Crippen molar-refractivity contribution in [2.45, 2.75) is 31.2 Å². The van der Waals surface area contributed by atoms with E-state index >= 15 is 0 Å². The van der Waals surface area contributed by atoms with Crippen molar-refractivity contribution in [2.75, 3.05) is 19.5 Å². The van der Waals surface area contributed by atoms with E-state index in [1.807, 2.05) is 30.3 Å². The molecule has 20 heavy (non-hydrogen) atoms. The van der Waals surface area contributed by atoms with E-state index in [-0.39, 0.29) is 18.2 Å². The number of fused-ring (bicyclic) bond motifs is 1. The van der Waals surface area contributed by atoms with Gasteiger partial charge in [0.25, 0.3) is 0 Å². The summed E-state index contributed by atoms with van der Waals surface area (Å²) in [6, 6.07) is 10.00. The van der Waals surface area contributed by atoms with Crippen LogP contribution in [0.25, 0.3) is 0 Å². The van der Waals surface area contributed by atoms with Crippen LogP contribution in [0.3, 0.4) is 0 Å². The number of ether oxygens (including phenoxy) is 2. The summed E-state index contributed by atoms with van der Waals surface area (Å²) in [7, 11) is -3.12. The monoisotopic (exact) mass is 297 g/mol. The molecule has 0 spiro atoms. The standard InChI is InChI=1S/C14H19NO4S/c1-20(16,17)15-12-7-8-19-13(14(12)15)10-18-9-11-5-3-2-4-6-11/h2-6,12-14H,7-10H2,1H3/t12?,13?,14-,15?/m0/s1. The third-order valence-corrected chi connectivity index (χ3v) is 5.11. The lowest BCUT2D eigenvalue weighted by Gasteiger charge is -2.20. The van der Waals surface area contributed by atoms with E-state index in [1.165, 1.54) is 6.26 Å². The molecule has 2 fully saturated rings. The minimum atomic E-state index is -3.12. The van der Waals surface area contributed by atoms with E-state index in [0.717, 1.165) is 12.0 Å². The Kier molecular flexibility index (Phi) is 3.81. The summed E-state index contributed by atoms with van der Waals surface area (Å²) >= 11 is 0. The zero-order valence-electron chi connectivity index (χ0n) is 11.4. The first-order chi connectivity index (χ1) is 9.57. The maximum atomic E-state index is 11.6. The molecule has 6 heteroatoms. The van der Waals surface area contributed by atoms with Crippen LogP contribution in [0.5, 0.6) is 0 Å². The first-order valence-corrected chi connectivity index (χ1v) is 8.64. The summed E-state index contributed by atoms with van der Waals surface area (Å²) in [5, 5.41) is 0. The molecular formula is C14H19NO4S. The van der Waals surface area contributed by atoms with Crippen LogP contribution in [0.2, 0.25) is 0 Å². The highest BCUT2D eigenvalue weighted by Crippen LogP contribution is 2.40. The molecule has 0 radical (unpaired) electrons. The van der Waals surface area contributed by atoms with Crippen molar-refractivity contribution in [1.29, 1.82) is 0 Å². The van der Waals surface area contributed by atoms with Crippen molar-refractivity contribution >= 4 is 10.0 Å². The van der Waals surface area contributed by atoms with Crippen LogP contribution in [0.1, 0.15) is 12.0 Å². The maximum Gasteiger partial charge on any atom is 0.211 e. The fourth-order valence-corrected chi connectivity index (χ4v) is 4.29. The van der Waals surface area contributed by atoms with E-state index in [2.05, 4.69) is 0 Å². The quantitative estimate of drug-likeness (QED) is 0.761. The highest BCUT2D eigenvalue weighted by Gasteiger charge is 2.59. The van der Waals surface area contributed by atoms with Crippen molar-refractivity contribution in [1.82, 2.24) is 4.31 Å². The summed E-state index contributed by atoms with van der Waals surface area (Å²) in [4.78, 5) is 0. The minimum absolute atomic E-state index is 0.0328. The Morgan fingerprint density at radius 1 is 1.35 bits per heavy atom. The largest absolute Gasteiger partial charge is 0.374 e. The number of sulfonamides is 1. The molecule has 0 saturated carbocycles. The van der Waals surface area contributed by atoms with Gasteiger partial charge < -0.3 is 9.47 Å². The smallest absolute Gasteiger partial charge is 0.211 e. The fraction of sp³-hybridized carbons (Fsp3) is 0.571. The van der Waals surface area contributed by atoms with Gasteiger partial charge in [0.05, 0.1) is 31.6 Å². The van der Waals surface area contributed by atoms with Crippen molar-refractivity contribution in [3.8, 4) is 0 Å². The minimum Gasteiger partial charge on any atom is -0.374 e. The molecule has 0 amide bonds. The van der Waals surface area contributed by atoms with Crippen LogP contribution >= 0.6 is 0 Å². The molecule has 5 nitrogen and oxygen atoms in total. The number of hydrogen-bond donors (Lipinski definition) is 0. The Morgan fingerprint density at radius 3 is 2.80 bits per heavy atom. The summed E-state index contributed by atoms with van der Waals surface area (Å²) < 4.78 is 36.1. The average molecular weight is 297 g/mol. The molecule has 2 aliphatic rings. The van der Waals surface area contributed by atoms with Crippen LogP contribution < -0.4 is 0 Å². The van der Waals surface area contributed by atoms with Crippen LogP contribution in [-0.4, -0.2) is 50.4 Å². The molecule has 0 bridgehead atoms. The maximum absolute atomic E-state index is 11.6. The van der Waals surface area contributed by atoms with Gasteiger partial charge in [-0.3, -0.25) is 0 Å². The number of benzene rings is 1. The second-order valence-corrected chi connectivity index (χ2v) is 7.24. The van der Waals surface area contributed by atoms with E-state index in [9.17, 15) is 8.42 Å². The molecule has 110 valence electrons. The van der Waals surface area contributed by atoms with Crippen molar-refractivity contribution in [2.24, 2.45) is 0 Å². The van der Waals surface area contributed by atoms with Gasteiger partial charge >= 0.3 is 0 Å². The summed E-state index contributed by atoms with van der Waals surface area (Å²) in [6.07, 6.45) is 1.90. The normalized spacial score (nSPS) is 32.6. The lowest BCUT2D eigenvalue weighted by atomic mass is 10.1. The van der Waals surface area contributed by atoms with Crippen molar-refractivity contribution in [3.05, 3.63) is 35.9 Å². The van der Waals surface area contributed by atoms with Gasteiger partial charge in [-0.25, -0.2) is 8.42 Å². The Balaban J connectivity index is 1.53. The van der Waals surface area contributed by atoms with Gasteiger partial charge in [0, 0.05) is 12.6 Å². The SMILES string of the molecule is CS(=O)(=O)N1C2CCOC(COCc3ccccc3)[C@H]21. The third kappa shape index (κ3) is 2.88. The first kappa shape index (κ1) is 14.0. The topological polar surface area (TPSA) is 55.6 Å². The zero-order chi connectivity index (χ0) is 14.2. The molecule has 2 saturated heterocycles. The molecule has 2 aliphatic heterocycles. The molecule has 3 unspecified atom stereocenters. The number of nitrogens with zero attached hydrogens (tertiary/aromatic N) is 1. The van der Waals surface area contributed by atoms with Crippen molar-refractivity contribution in [3.63, 3.8) is 0 Å². The van der Waals surface area contributed by atoms with E-state index < -0.39 is 10.0 Å². The predicted octanol–water partition coefficient (Wildman–Crippen LogP) is 1.00. The van der Waals surface area contributed by atoms with Gasteiger partial charge in [0.1, 0.15) is 0 Å². The first-order valence-electron chi connectivity index (χ1n) is 6.79. The lowest BCUT2D eigenvalue weighted by molar-refractivity contribution is -0.0351. The summed E-state index contributed by atoms with van der Waals surface area (Å²) in [5.74, 6) is 0. The van der Waals surface area contributed by atoms with Crippen LogP contribution in [0.4, 0.5) is 0 Å². The van der Waals surface area contributed by atoms with Crippen LogP contribution in [-0.2, 0) is 26.1 Å². The van der Waals surface area contributed by atoms with Crippen LogP contribution in [0.15, 0.2) is 30.3 Å². The Hall–Kier alpha value is -0.950. The van der Waals surface area contributed by atoms with Gasteiger partial charge in [-0.05, 0) is 12.0 Å². The van der Waals surface area contributed by atoms with Gasteiger partial charge in [-0.15, -0.1) is 0 Å². The molecule has 1 aromatic carbocycles. The van der Waals surface area contributed by atoms with E-state index in [4.69, 9.17) is 9.47 Å². The van der Waals surface area contributed by atoms with E-state index in [1.54, 1.807) is 4.31 Å². The molecule has 0 N–H and O–H groups in total. The number of rotatable bonds is 5.